The first kappa shape index (κ1) is 26.0. The summed E-state index contributed by atoms with van der Waals surface area (Å²) in [4.78, 5) is 19.4. The molecule has 0 saturated carbocycles. The highest BCUT2D eigenvalue weighted by atomic mass is 32.1. The summed E-state index contributed by atoms with van der Waals surface area (Å²) in [6.07, 6.45) is -5.84. The molecular formula is C26H22F3N3O5S. The zero-order chi connectivity index (χ0) is 27.0. The summed E-state index contributed by atoms with van der Waals surface area (Å²) in [6, 6.07) is 13.3. The molecule has 0 bridgehead atoms. The number of benzene rings is 2. The maximum Gasteiger partial charge on any atom is 0.434 e. The van der Waals surface area contributed by atoms with Gasteiger partial charge >= 0.3 is 12.1 Å². The van der Waals surface area contributed by atoms with E-state index in [1.54, 1.807) is 35.6 Å². The van der Waals surface area contributed by atoms with Crippen LogP contribution in [0.25, 0.3) is 10.1 Å². The van der Waals surface area contributed by atoms with Crippen molar-refractivity contribution < 1.29 is 38.0 Å². The van der Waals surface area contributed by atoms with Crippen molar-refractivity contribution in [3.63, 3.8) is 0 Å². The summed E-state index contributed by atoms with van der Waals surface area (Å²) >= 11 is 1.54. The summed E-state index contributed by atoms with van der Waals surface area (Å²) in [6.45, 7) is -0.162. The summed E-state index contributed by atoms with van der Waals surface area (Å²) in [7, 11) is 0. The Morgan fingerprint density at radius 3 is 2.71 bits per heavy atom. The number of carbonyl (C=O) groups is 1. The molecule has 0 radical (unpaired) electrons. The third-order valence-electron chi connectivity index (χ3n) is 6.25. The summed E-state index contributed by atoms with van der Waals surface area (Å²) in [5.41, 5.74) is 0.587. The van der Waals surface area contributed by atoms with Gasteiger partial charge in [-0.05, 0) is 40.8 Å². The number of carboxylic acid groups (broad SMARTS) is 1. The predicted molar refractivity (Wildman–Crippen MR) is 133 cm³/mol. The highest BCUT2D eigenvalue weighted by molar-refractivity contribution is 7.19. The number of hydrogen-bond donors (Lipinski definition) is 4. The van der Waals surface area contributed by atoms with E-state index in [0.29, 0.717) is 18.2 Å². The Labute approximate surface area is 218 Å². The number of aliphatic hydroxyl groups is 2. The van der Waals surface area contributed by atoms with E-state index in [0.717, 1.165) is 26.7 Å². The largest absolute Gasteiger partial charge is 0.478 e. The number of hydrogen-bond acceptors (Lipinski definition) is 8. The molecule has 1 aliphatic rings. The van der Waals surface area contributed by atoms with Crippen LogP contribution in [0.5, 0.6) is 0 Å². The van der Waals surface area contributed by atoms with Gasteiger partial charge in [-0.1, -0.05) is 24.3 Å². The SMILES string of the molecule is O=C(O)c1ccc2sc(Cc3cccc([C@H]4OC[C@H](O)[C@H](O)[C@H]4Nc4cncc(C(F)(F)F)n4)c3)cc2c1. The highest BCUT2D eigenvalue weighted by Gasteiger charge is 2.40. The number of rotatable bonds is 6. The van der Waals surface area contributed by atoms with E-state index < -0.39 is 42.2 Å². The number of alkyl halides is 3. The van der Waals surface area contributed by atoms with Gasteiger partial charge in [-0.15, -0.1) is 11.3 Å². The fraction of sp³-hybridized carbons (Fsp3) is 0.269. The molecule has 2 aromatic heterocycles. The van der Waals surface area contributed by atoms with Crippen molar-refractivity contribution in [1.29, 1.82) is 0 Å². The monoisotopic (exact) mass is 545 g/mol. The Bertz CT molecular complexity index is 1480. The number of nitrogens with zero attached hydrogens (tertiary/aromatic N) is 2. The van der Waals surface area contributed by atoms with Gasteiger partial charge in [0.1, 0.15) is 24.1 Å². The molecule has 0 amide bonds. The van der Waals surface area contributed by atoms with Crippen molar-refractivity contribution in [3.8, 4) is 0 Å². The zero-order valence-corrected chi connectivity index (χ0v) is 20.4. The smallest absolute Gasteiger partial charge is 0.434 e. The van der Waals surface area contributed by atoms with Crippen LogP contribution in [0, 0.1) is 0 Å². The molecular weight excluding hydrogens is 523 g/mol. The fourth-order valence-electron chi connectivity index (χ4n) is 4.43. The second-order valence-corrected chi connectivity index (χ2v) is 10.1. The second kappa shape index (κ2) is 10.3. The van der Waals surface area contributed by atoms with Crippen LogP contribution in [-0.2, 0) is 17.3 Å². The molecule has 1 aliphatic heterocycles. The van der Waals surface area contributed by atoms with Crippen LogP contribution in [-0.4, -0.2) is 56.1 Å². The number of aliphatic hydroxyl groups excluding tert-OH is 2. The topological polar surface area (TPSA) is 125 Å². The van der Waals surface area contributed by atoms with Crippen LogP contribution in [0.4, 0.5) is 19.0 Å². The maximum atomic E-state index is 13.1. The van der Waals surface area contributed by atoms with Crippen LogP contribution < -0.4 is 5.32 Å². The van der Waals surface area contributed by atoms with Gasteiger partial charge in [0.25, 0.3) is 0 Å². The van der Waals surface area contributed by atoms with Crippen molar-refractivity contribution in [3.05, 3.63) is 88.2 Å². The van der Waals surface area contributed by atoms with Gasteiger partial charge in [-0.25, -0.2) is 9.78 Å². The number of aromatic carboxylic acids is 1. The molecule has 38 heavy (non-hydrogen) atoms. The van der Waals surface area contributed by atoms with Crippen LogP contribution in [0.1, 0.15) is 38.2 Å². The van der Waals surface area contributed by atoms with E-state index in [2.05, 4.69) is 15.3 Å². The number of thiophene rings is 1. The molecule has 1 saturated heterocycles. The fourth-order valence-corrected chi connectivity index (χ4v) is 5.51. The molecule has 1 fully saturated rings. The Balaban J connectivity index is 1.40. The summed E-state index contributed by atoms with van der Waals surface area (Å²) in [5.74, 6) is -1.21. The van der Waals surface area contributed by atoms with Crippen molar-refractivity contribution in [1.82, 2.24) is 9.97 Å². The predicted octanol–water partition coefficient (Wildman–Crippen LogP) is 4.27. The van der Waals surface area contributed by atoms with Gasteiger partial charge in [0.2, 0.25) is 0 Å². The minimum atomic E-state index is -4.69. The van der Waals surface area contributed by atoms with Crippen LogP contribution in [0.15, 0.2) is 60.9 Å². The van der Waals surface area contributed by atoms with E-state index in [-0.39, 0.29) is 18.0 Å². The molecule has 4 atom stereocenters. The zero-order valence-electron chi connectivity index (χ0n) is 19.6. The molecule has 0 aliphatic carbocycles. The van der Waals surface area contributed by atoms with Gasteiger partial charge in [0.15, 0.2) is 5.69 Å². The molecule has 0 unspecified atom stereocenters. The number of aromatic nitrogens is 2. The number of fused-ring (bicyclic) bond motifs is 1. The normalized spacial score (nSPS) is 21.9. The lowest BCUT2D eigenvalue weighted by Gasteiger charge is -2.39. The Kier molecular flexibility index (Phi) is 7.05. The van der Waals surface area contributed by atoms with E-state index in [4.69, 9.17) is 4.74 Å². The molecule has 12 heteroatoms. The quantitative estimate of drug-likeness (QED) is 0.283. The van der Waals surface area contributed by atoms with Gasteiger partial charge in [-0.2, -0.15) is 13.2 Å². The molecule has 4 N–H and O–H groups in total. The van der Waals surface area contributed by atoms with Crippen molar-refractivity contribution in [2.45, 2.75) is 37.0 Å². The van der Waals surface area contributed by atoms with E-state index >= 15 is 0 Å². The number of ether oxygens (including phenoxy) is 1. The first-order chi connectivity index (χ1) is 18.1. The maximum absolute atomic E-state index is 13.1. The van der Waals surface area contributed by atoms with Crippen molar-refractivity contribution >= 4 is 33.2 Å². The van der Waals surface area contributed by atoms with Gasteiger partial charge in [0.05, 0.1) is 30.6 Å². The van der Waals surface area contributed by atoms with Crippen LogP contribution in [0.2, 0.25) is 0 Å². The molecule has 5 rings (SSSR count). The average molecular weight is 546 g/mol. The molecule has 2 aromatic carbocycles. The van der Waals surface area contributed by atoms with Gasteiger partial charge in [-0.3, -0.25) is 4.98 Å². The number of nitrogens with one attached hydrogen (secondary N) is 1. The molecule has 198 valence electrons. The first-order valence-corrected chi connectivity index (χ1v) is 12.4. The lowest BCUT2D eigenvalue weighted by molar-refractivity contribution is -0.141. The molecule has 8 nitrogen and oxygen atoms in total. The lowest BCUT2D eigenvalue weighted by Crippen LogP contribution is -2.52. The van der Waals surface area contributed by atoms with Crippen molar-refractivity contribution in [2.75, 3.05) is 11.9 Å². The summed E-state index contributed by atoms with van der Waals surface area (Å²) < 4.78 is 46.1. The third-order valence-corrected chi connectivity index (χ3v) is 7.36. The Hall–Kier alpha value is -3.58. The highest BCUT2D eigenvalue weighted by Crippen LogP contribution is 2.34. The Morgan fingerprint density at radius 2 is 1.95 bits per heavy atom. The number of carboxylic acids is 1. The van der Waals surface area contributed by atoms with E-state index in [9.17, 15) is 33.3 Å². The van der Waals surface area contributed by atoms with Crippen LogP contribution in [0.3, 0.4) is 0 Å². The first-order valence-electron chi connectivity index (χ1n) is 11.6. The minimum absolute atomic E-state index is 0.162. The molecule has 0 spiro atoms. The minimum Gasteiger partial charge on any atom is -0.478 e. The van der Waals surface area contributed by atoms with Crippen molar-refractivity contribution in [2.24, 2.45) is 0 Å². The Morgan fingerprint density at radius 1 is 1.13 bits per heavy atom. The lowest BCUT2D eigenvalue weighted by atomic mass is 9.91. The number of halogens is 3. The molecule has 4 aromatic rings. The number of anilines is 1. The molecule has 3 heterocycles. The third kappa shape index (κ3) is 5.48. The van der Waals surface area contributed by atoms with E-state index in [1.807, 2.05) is 24.3 Å². The second-order valence-electron chi connectivity index (χ2n) is 8.96. The average Bonchev–Trinajstić information content (AvgIpc) is 3.28. The van der Waals surface area contributed by atoms with Gasteiger partial charge < -0.3 is 25.4 Å². The standard InChI is InChI=1S/C26H22F3N3O5S/c27-26(28,29)20-10-30-11-21(31-20)32-22-23(34)18(33)12-37-24(22)14-3-1-2-13(6-14)7-17-9-16-8-15(25(35)36)4-5-19(16)38-17/h1-6,8-11,18,22-24,33-34H,7,12H2,(H,31,32)(H,35,36)/t18-,22+,23-,24+/m0/s1. The van der Waals surface area contributed by atoms with Gasteiger partial charge in [0, 0.05) is 16.0 Å². The van der Waals surface area contributed by atoms with Crippen LogP contribution >= 0.6 is 11.3 Å². The van der Waals surface area contributed by atoms with E-state index in [1.165, 1.54) is 0 Å². The summed E-state index contributed by atoms with van der Waals surface area (Å²) in [5, 5.41) is 33.7.